The van der Waals surface area contributed by atoms with Crippen LogP contribution in [-0.2, 0) is 36.1 Å². The summed E-state index contributed by atoms with van der Waals surface area (Å²) in [5, 5.41) is 15.2. The standard InChI is InChI=1S/C35H52N6O7/c1-38(2)21-29-30(47-4)17-24(18-31(29)48-5)27-22-39(3)34(45)28-23-41(16-13-26(27)28)35(46)36-14-10-8-6-7-9-11-32(43)37-19-33(44)40-15-12-25(42)20-40/h17-18,22,25,42H,6-16,19-21,23H2,1-5H3,(H,36,46)(H,37,43). The Kier molecular flexibility index (Phi) is 13.3. The molecule has 264 valence electrons. The second kappa shape index (κ2) is 17.3. The van der Waals surface area contributed by atoms with Gasteiger partial charge in [-0.2, -0.15) is 0 Å². The van der Waals surface area contributed by atoms with E-state index in [9.17, 15) is 24.3 Å². The summed E-state index contributed by atoms with van der Waals surface area (Å²) in [5.41, 5.74) is 4.22. The summed E-state index contributed by atoms with van der Waals surface area (Å²) >= 11 is 0. The number of carbonyl (C=O) groups excluding carboxylic acids is 3. The largest absolute Gasteiger partial charge is 0.496 e. The normalized spacial score (nSPS) is 15.8. The third-order valence-electron chi connectivity index (χ3n) is 9.06. The van der Waals surface area contributed by atoms with Crippen molar-refractivity contribution in [2.75, 3.05) is 61.0 Å². The molecule has 0 saturated carbocycles. The van der Waals surface area contributed by atoms with Crippen molar-refractivity contribution in [2.45, 2.75) is 70.6 Å². The van der Waals surface area contributed by atoms with Crippen LogP contribution in [0.3, 0.4) is 0 Å². The number of benzene rings is 1. The first-order valence-electron chi connectivity index (χ1n) is 16.9. The molecule has 0 spiro atoms. The number of β-amino-alcohol motifs (C(OH)–C–C–N with tert-alkyl or cyclic N) is 1. The molecule has 0 bridgehead atoms. The Balaban J connectivity index is 1.23. The number of aliphatic hydroxyl groups is 1. The number of fused-ring (bicyclic) bond motifs is 1. The maximum Gasteiger partial charge on any atom is 0.317 e. The first-order valence-corrected chi connectivity index (χ1v) is 16.9. The van der Waals surface area contributed by atoms with Gasteiger partial charge in [0.1, 0.15) is 11.5 Å². The van der Waals surface area contributed by atoms with Gasteiger partial charge in [0.2, 0.25) is 11.8 Å². The Morgan fingerprint density at radius 2 is 1.65 bits per heavy atom. The van der Waals surface area contributed by atoms with Crippen molar-refractivity contribution in [3.05, 3.63) is 45.4 Å². The molecule has 1 aromatic heterocycles. The second-order valence-electron chi connectivity index (χ2n) is 13.0. The van der Waals surface area contributed by atoms with Crippen LogP contribution in [-0.4, -0.2) is 109 Å². The lowest BCUT2D eigenvalue weighted by Crippen LogP contribution is -2.45. The third-order valence-corrected chi connectivity index (χ3v) is 9.06. The molecular weight excluding hydrogens is 616 g/mol. The summed E-state index contributed by atoms with van der Waals surface area (Å²) in [7, 11) is 8.99. The molecule has 2 aliphatic rings. The number of carbonyl (C=O) groups is 3. The molecule has 3 N–H and O–H groups in total. The number of urea groups is 1. The molecule has 0 aliphatic carbocycles. The zero-order valence-electron chi connectivity index (χ0n) is 29.1. The van der Waals surface area contributed by atoms with Gasteiger partial charge < -0.3 is 44.5 Å². The molecule has 2 aromatic rings. The van der Waals surface area contributed by atoms with Crippen LogP contribution >= 0.6 is 0 Å². The van der Waals surface area contributed by atoms with Crippen molar-refractivity contribution >= 4 is 17.8 Å². The average molecular weight is 669 g/mol. The van der Waals surface area contributed by atoms with Crippen LogP contribution in [0.1, 0.15) is 61.6 Å². The fourth-order valence-electron chi connectivity index (χ4n) is 6.42. The lowest BCUT2D eigenvalue weighted by atomic mass is 9.91. The fraction of sp³-hybridized carbons (Fsp3) is 0.600. The zero-order valence-corrected chi connectivity index (χ0v) is 29.1. The number of likely N-dealkylation sites (tertiary alicyclic amines) is 1. The molecule has 13 heteroatoms. The number of aliphatic hydroxyl groups excluding tert-OH is 1. The van der Waals surface area contributed by atoms with E-state index in [-0.39, 0.29) is 36.5 Å². The molecule has 3 heterocycles. The van der Waals surface area contributed by atoms with Crippen molar-refractivity contribution in [3.8, 4) is 22.6 Å². The van der Waals surface area contributed by atoms with Crippen molar-refractivity contribution < 1.29 is 29.0 Å². The highest BCUT2D eigenvalue weighted by atomic mass is 16.5. The number of hydrogen-bond acceptors (Lipinski definition) is 8. The first kappa shape index (κ1) is 36.7. The molecule has 48 heavy (non-hydrogen) atoms. The van der Waals surface area contributed by atoms with Crippen molar-refractivity contribution in [2.24, 2.45) is 7.05 Å². The number of hydrogen-bond donors (Lipinski definition) is 3. The van der Waals surface area contributed by atoms with E-state index < -0.39 is 6.10 Å². The van der Waals surface area contributed by atoms with Gasteiger partial charge in [-0.3, -0.25) is 14.4 Å². The Morgan fingerprint density at radius 3 is 2.29 bits per heavy atom. The lowest BCUT2D eigenvalue weighted by molar-refractivity contribution is -0.132. The molecular formula is C35H52N6O7. The number of nitrogens with zero attached hydrogens (tertiary/aromatic N) is 4. The SMILES string of the molecule is COc1cc(-c2cn(C)c(=O)c3c2CCN(C(=O)NCCCCCCCC(=O)NCC(=O)N2CCC(O)C2)C3)cc(OC)c1CN(C)C. The number of aryl methyl sites for hydroxylation is 1. The molecule has 13 nitrogen and oxygen atoms in total. The van der Waals surface area contributed by atoms with Crippen LogP contribution in [0.25, 0.3) is 11.1 Å². The van der Waals surface area contributed by atoms with E-state index in [1.165, 1.54) is 0 Å². The van der Waals surface area contributed by atoms with Gasteiger partial charge in [-0.05, 0) is 63.0 Å². The minimum absolute atomic E-state index is 0.0286. The van der Waals surface area contributed by atoms with Crippen LogP contribution in [0.5, 0.6) is 11.5 Å². The predicted molar refractivity (Wildman–Crippen MR) is 183 cm³/mol. The van der Waals surface area contributed by atoms with Crippen molar-refractivity contribution in [3.63, 3.8) is 0 Å². The van der Waals surface area contributed by atoms with Crippen LogP contribution in [0, 0.1) is 0 Å². The molecule has 1 unspecified atom stereocenters. The number of unbranched alkanes of at least 4 members (excludes halogenated alkanes) is 4. The monoisotopic (exact) mass is 668 g/mol. The second-order valence-corrected chi connectivity index (χ2v) is 13.0. The van der Waals surface area contributed by atoms with Gasteiger partial charge in [-0.25, -0.2) is 4.79 Å². The number of aromatic nitrogens is 1. The minimum atomic E-state index is -0.469. The van der Waals surface area contributed by atoms with Crippen LogP contribution < -0.4 is 25.7 Å². The van der Waals surface area contributed by atoms with Gasteiger partial charge in [0, 0.05) is 63.5 Å². The molecule has 2 aliphatic heterocycles. The summed E-state index contributed by atoms with van der Waals surface area (Å²) in [6.45, 7) is 2.76. The Labute approximate surface area is 283 Å². The van der Waals surface area contributed by atoms with Crippen molar-refractivity contribution in [1.82, 2.24) is 29.9 Å². The maximum absolute atomic E-state index is 13.2. The number of nitrogens with one attached hydrogen (secondary N) is 2. The van der Waals surface area contributed by atoms with Gasteiger partial charge in [0.15, 0.2) is 0 Å². The highest BCUT2D eigenvalue weighted by molar-refractivity contribution is 5.85. The Bertz CT molecular complexity index is 1480. The highest BCUT2D eigenvalue weighted by Crippen LogP contribution is 2.38. The lowest BCUT2D eigenvalue weighted by Gasteiger charge is -2.30. The average Bonchev–Trinajstić information content (AvgIpc) is 3.52. The van der Waals surface area contributed by atoms with Crippen LogP contribution in [0.15, 0.2) is 23.1 Å². The zero-order chi connectivity index (χ0) is 34.8. The van der Waals surface area contributed by atoms with Gasteiger partial charge in [0.25, 0.3) is 5.56 Å². The number of rotatable bonds is 15. The van der Waals surface area contributed by atoms with Gasteiger partial charge in [-0.1, -0.05) is 19.3 Å². The van der Waals surface area contributed by atoms with E-state index in [0.29, 0.717) is 69.0 Å². The number of ether oxygens (including phenoxy) is 2. The topological polar surface area (TPSA) is 146 Å². The van der Waals surface area contributed by atoms with Gasteiger partial charge in [0.05, 0.1) is 39.0 Å². The maximum atomic E-state index is 13.2. The Hall–Kier alpha value is -4.10. The predicted octanol–water partition coefficient (Wildman–Crippen LogP) is 2.25. The summed E-state index contributed by atoms with van der Waals surface area (Å²) in [5.74, 6) is 1.13. The van der Waals surface area contributed by atoms with E-state index in [4.69, 9.17) is 9.47 Å². The smallest absolute Gasteiger partial charge is 0.317 e. The summed E-state index contributed by atoms with van der Waals surface area (Å²) in [6, 6.07) is 3.79. The fourth-order valence-corrected chi connectivity index (χ4v) is 6.42. The number of methoxy groups -OCH3 is 2. The molecule has 4 rings (SSSR count). The van der Waals surface area contributed by atoms with Gasteiger partial charge in [-0.15, -0.1) is 0 Å². The van der Waals surface area contributed by atoms with Crippen molar-refractivity contribution in [1.29, 1.82) is 0 Å². The number of amides is 4. The first-order chi connectivity index (χ1) is 23.0. The van der Waals surface area contributed by atoms with E-state index >= 15 is 0 Å². The van der Waals surface area contributed by atoms with E-state index in [2.05, 4.69) is 15.5 Å². The molecule has 1 saturated heterocycles. The summed E-state index contributed by atoms with van der Waals surface area (Å²) in [6.07, 6.45) is 7.19. The highest BCUT2D eigenvalue weighted by Gasteiger charge is 2.27. The molecule has 1 aromatic carbocycles. The molecule has 0 radical (unpaired) electrons. The minimum Gasteiger partial charge on any atom is -0.496 e. The summed E-state index contributed by atoms with van der Waals surface area (Å²) < 4.78 is 13.1. The van der Waals surface area contributed by atoms with E-state index in [1.807, 2.05) is 32.4 Å². The van der Waals surface area contributed by atoms with Gasteiger partial charge >= 0.3 is 6.03 Å². The van der Waals surface area contributed by atoms with Crippen LogP contribution in [0.4, 0.5) is 4.79 Å². The van der Waals surface area contributed by atoms with E-state index in [1.54, 1.807) is 35.6 Å². The molecule has 1 atom stereocenters. The molecule has 1 fully saturated rings. The summed E-state index contributed by atoms with van der Waals surface area (Å²) in [4.78, 5) is 55.8. The van der Waals surface area contributed by atoms with E-state index in [0.717, 1.165) is 54.4 Å². The Morgan fingerprint density at radius 1 is 0.958 bits per heavy atom. The quantitative estimate of drug-likeness (QED) is 0.245. The number of pyridine rings is 1. The van der Waals surface area contributed by atoms with Crippen LogP contribution in [0.2, 0.25) is 0 Å². The molecule has 4 amide bonds. The third kappa shape index (κ3) is 9.50.